The fourth-order valence-electron chi connectivity index (χ4n) is 0.637. The van der Waals surface area contributed by atoms with Gasteiger partial charge in [0.2, 0.25) is 9.05 Å². The lowest BCUT2D eigenvalue weighted by molar-refractivity contribution is 0.615. The lowest BCUT2D eigenvalue weighted by Gasteiger charge is -1.90. The average Bonchev–Trinajstić information content (AvgIpc) is 1.92. The third kappa shape index (κ3) is 11.5. The largest absolute Gasteiger partial charge is 0.229 e. The fourth-order valence-corrected chi connectivity index (χ4v) is 0.637. The van der Waals surface area contributed by atoms with E-state index >= 15 is 0 Å². The molecular weight excluding hydrogens is 208 g/mol. The van der Waals surface area contributed by atoms with Crippen LogP contribution in [0.5, 0.6) is 0 Å². The molecule has 0 radical (unpaired) electrons. The van der Waals surface area contributed by atoms with E-state index < -0.39 is 9.05 Å². The molecule has 4 heteroatoms. The first kappa shape index (κ1) is 12.5. The summed E-state index contributed by atoms with van der Waals surface area (Å²) in [5.74, 6) is 0. The second-order valence-corrected chi connectivity index (χ2v) is 5.88. The molecule has 0 aromatic heterocycles. The van der Waals surface area contributed by atoms with Gasteiger partial charge in [-0.25, -0.2) is 8.42 Å². The van der Waals surface area contributed by atoms with Crippen LogP contribution in [0, 0.1) is 13.8 Å². The molecule has 1 aromatic carbocycles. The van der Waals surface area contributed by atoms with E-state index in [0.717, 1.165) is 6.26 Å². The molecule has 0 spiro atoms. The molecule has 0 aliphatic rings. The molecule has 13 heavy (non-hydrogen) atoms. The second kappa shape index (κ2) is 5.25. The summed E-state index contributed by atoms with van der Waals surface area (Å²) in [4.78, 5) is 0. The zero-order chi connectivity index (χ0) is 10.5. The van der Waals surface area contributed by atoms with Crippen molar-refractivity contribution in [3.8, 4) is 0 Å². The van der Waals surface area contributed by atoms with Crippen LogP contribution in [0.2, 0.25) is 0 Å². The Hall–Kier alpha value is -0.540. The first-order valence-electron chi connectivity index (χ1n) is 3.72. The van der Waals surface area contributed by atoms with E-state index in [4.69, 9.17) is 0 Å². The quantitative estimate of drug-likeness (QED) is 0.630. The highest BCUT2D eigenvalue weighted by Crippen LogP contribution is 1.99. The predicted octanol–water partition coefficient (Wildman–Crippen LogP) is 2.49. The number of benzene rings is 1. The van der Waals surface area contributed by atoms with E-state index in [-0.39, 0.29) is 0 Å². The van der Waals surface area contributed by atoms with E-state index in [1.165, 1.54) is 11.1 Å². The average molecular weight is 221 g/mol. The molecule has 0 amide bonds. The van der Waals surface area contributed by atoms with Gasteiger partial charge in [-0.15, -0.1) is 0 Å². The van der Waals surface area contributed by atoms with Crippen LogP contribution in [-0.2, 0) is 9.05 Å². The van der Waals surface area contributed by atoms with Gasteiger partial charge in [0.1, 0.15) is 0 Å². The maximum absolute atomic E-state index is 9.40. The van der Waals surface area contributed by atoms with Gasteiger partial charge in [-0.2, -0.15) is 0 Å². The standard InChI is InChI=1S/C8H10.CH3ClO2S/c1-7-3-5-8(2)6-4-7;1-5(2,3)4/h3-6H,1-2H3;1H3. The highest BCUT2D eigenvalue weighted by Gasteiger charge is 1.83. The number of aryl methyl sites for hydroxylation is 2. The van der Waals surface area contributed by atoms with E-state index in [2.05, 4.69) is 48.8 Å². The molecule has 0 saturated carbocycles. The molecule has 0 N–H and O–H groups in total. The minimum absolute atomic E-state index is 0.925. The monoisotopic (exact) mass is 220 g/mol. The number of rotatable bonds is 0. The lowest BCUT2D eigenvalue weighted by atomic mass is 10.2. The van der Waals surface area contributed by atoms with Crippen molar-refractivity contribution in [2.45, 2.75) is 13.8 Å². The molecule has 0 heterocycles. The summed E-state index contributed by atoms with van der Waals surface area (Å²) in [5.41, 5.74) is 2.66. The summed E-state index contributed by atoms with van der Waals surface area (Å²) in [6.45, 7) is 4.19. The Balaban J connectivity index is 0.000000252. The van der Waals surface area contributed by atoms with Crippen LogP contribution in [0.15, 0.2) is 24.3 Å². The first-order valence-corrected chi connectivity index (χ1v) is 6.43. The zero-order valence-corrected chi connectivity index (χ0v) is 9.48. The van der Waals surface area contributed by atoms with Gasteiger partial charge in [0.15, 0.2) is 0 Å². The smallest absolute Gasteiger partial charge is 0.213 e. The van der Waals surface area contributed by atoms with Gasteiger partial charge in [0.25, 0.3) is 0 Å². The highest BCUT2D eigenvalue weighted by atomic mass is 35.7. The van der Waals surface area contributed by atoms with Crippen molar-refractivity contribution >= 4 is 19.7 Å². The zero-order valence-electron chi connectivity index (χ0n) is 7.91. The van der Waals surface area contributed by atoms with E-state index in [9.17, 15) is 8.42 Å². The summed E-state index contributed by atoms with van der Waals surface area (Å²) in [7, 11) is 1.31. The van der Waals surface area contributed by atoms with Gasteiger partial charge in [0, 0.05) is 10.7 Å². The van der Waals surface area contributed by atoms with Crippen molar-refractivity contribution in [1.82, 2.24) is 0 Å². The van der Waals surface area contributed by atoms with E-state index in [1.54, 1.807) is 0 Å². The Morgan fingerprint density at radius 2 is 1.15 bits per heavy atom. The topological polar surface area (TPSA) is 34.1 Å². The lowest BCUT2D eigenvalue weighted by Crippen LogP contribution is -1.76. The molecule has 1 aromatic rings. The first-order chi connectivity index (χ1) is 5.79. The maximum Gasteiger partial charge on any atom is 0.229 e. The molecule has 0 saturated heterocycles. The van der Waals surface area contributed by atoms with Gasteiger partial charge in [-0.3, -0.25) is 0 Å². The maximum atomic E-state index is 9.40. The van der Waals surface area contributed by atoms with Gasteiger partial charge in [0.05, 0.1) is 6.26 Å². The SMILES string of the molecule is CS(=O)(=O)Cl.Cc1ccc(C)cc1. The van der Waals surface area contributed by atoms with Crippen LogP contribution in [0.1, 0.15) is 11.1 Å². The molecule has 0 atom stereocenters. The van der Waals surface area contributed by atoms with Crippen LogP contribution in [-0.4, -0.2) is 14.7 Å². The Kier molecular flexibility index (Phi) is 5.03. The van der Waals surface area contributed by atoms with Crippen LogP contribution in [0.25, 0.3) is 0 Å². The third-order valence-corrected chi connectivity index (χ3v) is 1.22. The molecule has 0 aliphatic heterocycles. The summed E-state index contributed by atoms with van der Waals surface area (Å²) >= 11 is 0. The van der Waals surface area contributed by atoms with Gasteiger partial charge in [-0.1, -0.05) is 35.4 Å². The van der Waals surface area contributed by atoms with Crippen molar-refractivity contribution in [3.63, 3.8) is 0 Å². The van der Waals surface area contributed by atoms with Crippen molar-refractivity contribution in [2.75, 3.05) is 6.26 Å². The molecular formula is C9H13ClO2S. The molecule has 0 fully saturated rings. The minimum Gasteiger partial charge on any atom is -0.213 e. The minimum atomic E-state index is -3.19. The Labute approximate surface area is 84.0 Å². The number of hydrogen-bond donors (Lipinski definition) is 0. The highest BCUT2D eigenvalue weighted by molar-refractivity contribution is 8.13. The fraction of sp³-hybridized carbons (Fsp3) is 0.333. The van der Waals surface area contributed by atoms with Gasteiger partial charge < -0.3 is 0 Å². The Bertz CT molecular complexity index is 311. The summed E-state index contributed by atoms with van der Waals surface area (Å²) in [6.07, 6.45) is 0.925. The summed E-state index contributed by atoms with van der Waals surface area (Å²) < 4.78 is 18.8. The normalized spacial score (nSPS) is 10.2. The molecule has 1 rings (SSSR count). The second-order valence-electron chi connectivity index (χ2n) is 2.84. The Morgan fingerprint density at radius 1 is 1.00 bits per heavy atom. The van der Waals surface area contributed by atoms with Crippen LogP contribution >= 0.6 is 10.7 Å². The number of hydrogen-bond acceptors (Lipinski definition) is 2. The van der Waals surface area contributed by atoms with Crippen LogP contribution in [0.4, 0.5) is 0 Å². The van der Waals surface area contributed by atoms with Crippen molar-refractivity contribution in [1.29, 1.82) is 0 Å². The summed E-state index contributed by atoms with van der Waals surface area (Å²) in [6, 6.07) is 8.48. The molecule has 0 aliphatic carbocycles. The van der Waals surface area contributed by atoms with Crippen molar-refractivity contribution < 1.29 is 8.42 Å². The number of halogens is 1. The summed E-state index contributed by atoms with van der Waals surface area (Å²) in [5, 5.41) is 0. The van der Waals surface area contributed by atoms with E-state index in [1.807, 2.05) is 0 Å². The molecule has 0 bridgehead atoms. The third-order valence-electron chi connectivity index (χ3n) is 1.22. The van der Waals surface area contributed by atoms with Gasteiger partial charge >= 0.3 is 0 Å². The van der Waals surface area contributed by atoms with Crippen molar-refractivity contribution in [2.24, 2.45) is 0 Å². The van der Waals surface area contributed by atoms with Gasteiger partial charge in [-0.05, 0) is 13.8 Å². The molecule has 74 valence electrons. The Morgan fingerprint density at radius 3 is 1.31 bits per heavy atom. The van der Waals surface area contributed by atoms with E-state index in [0.29, 0.717) is 0 Å². The predicted molar refractivity (Wildman–Crippen MR) is 56.6 cm³/mol. The molecule has 0 unspecified atom stereocenters. The molecule has 2 nitrogen and oxygen atoms in total. The van der Waals surface area contributed by atoms with Crippen molar-refractivity contribution in [3.05, 3.63) is 35.4 Å². The van der Waals surface area contributed by atoms with Crippen LogP contribution in [0.3, 0.4) is 0 Å². The van der Waals surface area contributed by atoms with Crippen LogP contribution < -0.4 is 0 Å².